The monoisotopic (exact) mass is 358 g/mol. The Labute approximate surface area is 155 Å². The second-order valence-corrected chi connectivity index (χ2v) is 7.54. The zero-order valence-corrected chi connectivity index (χ0v) is 16.7. The number of hydrogen-bond donors (Lipinski definition) is 0. The molecule has 0 unspecified atom stereocenters. The first-order valence-corrected chi connectivity index (χ1v) is 9.19. The Morgan fingerprint density at radius 3 is 2.46 bits per heavy atom. The molecule has 0 bridgehead atoms. The maximum absolute atomic E-state index is 13.2. The van der Waals surface area contributed by atoms with Crippen LogP contribution < -0.4 is 5.56 Å². The van der Waals surface area contributed by atoms with Gasteiger partial charge in [-0.05, 0) is 44.7 Å². The maximum Gasteiger partial charge on any atom is 0.263 e. The number of rotatable bonds is 7. The standard InChI is InChI=1S/C20H30N4O2/c1-14(2)7-10-23-11-8-16(5)18(19(23)25)20(26)24(15(3)4)13-17-21-9-12-22(17)6/h8-9,11-12,14-15H,7,10,13H2,1-6H3. The average molecular weight is 358 g/mol. The summed E-state index contributed by atoms with van der Waals surface area (Å²) in [4.78, 5) is 32.2. The number of pyridine rings is 1. The van der Waals surface area contributed by atoms with Crippen LogP contribution in [0.5, 0.6) is 0 Å². The van der Waals surface area contributed by atoms with Crippen LogP contribution in [0.3, 0.4) is 0 Å². The number of imidazole rings is 1. The van der Waals surface area contributed by atoms with E-state index in [2.05, 4.69) is 18.8 Å². The topological polar surface area (TPSA) is 60.1 Å². The number of carbonyl (C=O) groups excluding carboxylic acids is 1. The summed E-state index contributed by atoms with van der Waals surface area (Å²) in [5.74, 6) is 1.06. The highest BCUT2D eigenvalue weighted by Gasteiger charge is 2.25. The van der Waals surface area contributed by atoms with Gasteiger partial charge in [-0.25, -0.2) is 4.98 Å². The predicted molar refractivity (Wildman–Crippen MR) is 103 cm³/mol. The van der Waals surface area contributed by atoms with Gasteiger partial charge in [-0.15, -0.1) is 0 Å². The molecule has 0 aliphatic heterocycles. The highest BCUT2D eigenvalue weighted by atomic mass is 16.2. The summed E-state index contributed by atoms with van der Waals surface area (Å²) in [6.07, 6.45) is 6.25. The molecule has 6 heteroatoms. The number of aryl methyl sites for hydroxylation is 3. The van der Waals surface area contributed by atoms with Gasteiger partial charge in [-0.1, -0.05) is 13.8 Å². The summed E-state index contributed by atoms with van der Waals surface area (Å²) in [5.41, 5.74) is 0.770. The van der Waals surface area contributed by atoms with Crippen LogP contribution >= 0.6 is 0 Å². The smallest absolute Gasteiger partial charge is 0.263 e. The van der Waals surface area contributed by atoms with Gasteiger partial charge in [0.2, 0.25) is 0 Å². The summed E-state index contributed by atoms with van der Waals surface area (Å²) in [7, 11) is 1.90. The van der Waals surface area contributed by atoms with E-state index in [9.17, 15) is 9.59 Å². The first kappa shape index (κ1) is 19.9. The first-order chi connectivity index (χ1) is 12.2. The van der Waals surface area contributed by atoms with Gasteiger partial charge in [0.05, 0.1) is 6.54 Å². The number of hydrogen-bond acceptors (Lipinski definition) is 3. The van der Waals surface area contributed by atoms with Gasteiger partial charge >= 0.3 is 0 Å². The van der Waals surface area contributed by atoms with E-state index in [1.54, 1.807) is 21.9 Å². The van der Waals surface area contributed by atoms with E-state index in [-0.39, 0.29) is 23.1 Å². The van der Waals surface area contributed by atoms with Crippen molar-refractivity contribution < 1.29 is 4.79 Å². The van der Waals surface area contributed by atoms with Crippen LogP contribution in [0.25, 0.3) is 0 Å². The van der Waals surface area contributed by atoms with Crippen LogP contribution in [-0.2, 0) is 20.1 Å². The summed E-state index contributed by atoms with van der Waals surface area (Å²) in [6, 6.07) is 1.82. The molecule has 0 saturated heterocycles. The second-order valence-electron chi connectivity index (χ2n) is 7.54. The quantitative estimate of drug-likeness (QED) is 0.764. The molecule has 2 heterocycles. The van der Waals surface area contributed by atoms with Gasteiger partial charge in [-0.3, -0.25) is 9.59 Å². The molecule has 0 aromatic carbocycles. The summed E-state index contributed by atoms with van der Waals surface area (Å²) in [6.45, 7) is 11.0. The number of amides is 1. The zero-order valence-electron chi connectivity index (χ0n) is 16.7. The van der Waals surface area contributed by atoms with E-state index in [0.29, 0.717) is 24.6 Å². The minimum absolute atomic E-state index is 0.0395. The fraction of sp³-hybridized carbons (Fsp3) is 0.550. The van der Waals surface area contributed by atoms with E-state index >= 15 is 0 Å². The first-order valence-electron chi connectivity index (χ1n) is 9.19. The van der Waals surface area contributed by atoms with Gasteiger partial charge in [0.1, 0.15) is 11.4 Å². The lowest BCUT2D eigenvalue weighted by atomic mass is 10.1. The molecule has 0 saturated carbocycles. The summed E-state index contributed by atoms with van der Waals surface area (Å²) < 4.78 is 3.54. The molecule has 0 aliphatic carbocycles. The van der Waals surface area contributed by atoms with Crippen molar-refractivity contribution in [3.63, 3.8) is 0 Å². The van der Waals surface area contributed by atoms with Crippen LogP contribution in [0, 0.1) is 12.8 Å². The summed E-state index contributed by atoms with van der Waals surface area (Å²) in [5, 5.41) is 0. The summed E-state index contributed by atoms with van der Waals surface area (Å²) >= 11 is 0. The van der Waals surface area contributed by atoms with Gasteiger partial charge < -0.3 is 14.0 Å². The van der Waals surface area contributed by atoms with Crippen molar-refractivity contribution in [2.24, 2.45) is 13.0 Å². The zero-order chi connectivity index (χ0) is 19.4. The normalized spacial score (nSPS) is 11.4. The third-order valence-electron chi connectivity index (χ3n) is 4.65. The lowest BCUT2D eigenvalue weighted by molar-refractivity contribution is 0.0680. The van der Waals surface area contributed by atoms with Crippen molar-refractivity contribution >= 4 is 5.91 Å². The largest absolute Gasteiger partial charge is 0.337 e. The number of aromatic nitrogens is 3. The Kier molecular flexibility index (Phi) is 6.40. The molecule has 1 amide bonds. The molecule has 0 N–H and O–H groups in total. The molecule has 0 radical (unpaired) electrons. The molecule has 6 nitrogen and oxygen atoms in total. The third kappa shape index (κ3) is 4.42. The van der Waals surface area contributed by atoms with E-state index in [1.165, 1.54) is 0 Å². The van der Waals surface area contributed by atoms with Crippen LogP contribution in [0.15, 0.2) is 29.5 Å². The van der Waals surface area contributed by atoms with Crippen LogP contribution in [0.1, 0.15) is 55.9 Å². The van der Waals surface area contributed by atoms with Crippen LogP contribution in [0.4, 0.5) is 0 Å². The second kappa shape index (κ2) is 8.34. The van der Waals surface area contributed by atoms with Crippen molar-refractivity contribution in [1.29, 1.82) is 0 Å². The SMILES string of the molecule is Cc1ccn(CCC(C)C)c(=O)c1C(=O)N(Cc1nccn1C)C(C)C. The average Bonchev–Trinajstić information content (AvgIpc) is 2.96. The molecule has 142 valence electrons. The molecular formula is C20H30N4O2. The Hall–Kier alpha value is -2.37. The predicted octanol–water partition coefficient (Wildman–Crippen LogP) is 2.99. The molecule has 2 rings (SSSR count). The van der Waals surface area contributed by atoms with Gasteiger partial charge in [0.25, 0.3) is 11.5 Å². The Morgan fingerprint density at radius 2 is 1.92 bits per heavy atom. The van der Waals surface area contributed by atoms with Gasteiger partial charge in [0, 0.05) is 38.2 Å². The van der Waals surface area contributed by atoms with Crippen molar-refractivity contribution in [3.05, 3.63) is 52.0 Å². The van der Waals surface area contributed by atoms with Gasteiger partial charge in [0.15, 0.2) is 0 Å². The molecule has 0 fully saturated rings. The van der Waals surface area contributed by atoms with Crippen molar-refractivity contribution in [1.82, 2.24) is 19.0 Å². The van der Waals surface area contributed by atoms with E-state index in [4.69, 9.17) is 0 Å². The minimum atomic E-state index is -0.232. The van der Waals surface area contributed by atoms with Crippen molar-refractivity contribution in [2.45, 2.75) is 60.2 Å². The lowest BCUT2D eigenvalue weighted by Crippen LogP contribution is -2.41. The highest BCUT2D eigenvalue weighted by Crippen LogP contribution is 2.13. The fourth-order valence-corrected chi connectivity index (χ4v) is 2.83. The molecule has 26 heavy (non-hydrogen) atoms. The van der Waals surface area contributed by atoms with E-state index in [1.807, 2.05) is 44.6 Å². The molecule has 0 aliphatic rings. The molecule has 2 aromatic rings. The molecule has 2 aromatic heterocycles. The van der Waals surface area contributed by atoms with Crippen LogP contribution in [-0.4, -0.2) is 31.0 Å². The third-order valence-corrected chi connectivity index (χ3v) is 4.65. The molecule has 0 atom stereocenters. The molecular weight excluding hydrogens is 328 g/mol. The Morgan fingerprint density at radius 1 is 1.23 bits per heavy atom. The number of nitrogens with zero attached hydrogens (tertiary/aromatic N) is 4. The minimum Gasteiger partial charge on any atom is -0.337 e. The molecule has 0 spiro atoms. The Bertz CT molecular complexity index is 817. The van der Waals surface area contributed by atoms with Crippen LogP contribution in [0.2, 0.25) is 0 Å². The maximum atomic E-state index is 13.2. The van der Waals surface area contributed by atoms with E-state index < -0.39 is 0 Å². The fourth-order valence-electron chi connectivity index (χ4n) is 2.83. The van der Waals surface area contributed by atoms with E-state index in [0.717, 1.165) is 12.2 Å². The van der Waals surface area contributed by atoms with Crippen molar-refractivity contribution in [2.75, 3.05) is 0 Å². The van der Waals surface area contributed by atoms with Crippen molar-refractivity contribution in [3.8, 4) is 0 Å². The number of carbonyl (C=O) groups is 1. The highest BCUT2D eigenvalue weighted by molar-refractivity contribution is 5.95. The lowest BCUT2D eigenvalue weighted by Gasteiger charge is -2.27. The van der Waals surface area contributed by atoms with Gasteiger partial charge in [-0.2, -0.15) is 0 Å². The Balaban J connectivity index is 2.37.